The maximum atomic E-state index is 12.6. The maximum Gasteiger partial charge on any atom is 0.453 e. The molecule has 2 N–H and O–H groups in total. The zero-order chi connectivity index (χ0) is 12.8. The SMILES string of the molecule is CC(C)(CN)c1nn2c(C(F)(F)F)nnc2s1. The molecule has 0 aliphatic carbocycles. The van der Waals surface area contributed by atoms with Crippen LogP contribution in [0.5, 0.6) is 0 Å². The third-order valence-corrected chi connectivity index (χ3v) is 3.60. The van der Waals surface area contributed by atoms with Gasteiger partial charge in [-0.25, -0.2) is 0 Å². The Bertz CT molecular complexity index is 541. The van der Waals surface area contributed by atoms with Crippen molar-refractivity contribution in [2.45, 2.75) is 25.4 Å². The molecule has 94 valence electrons. The second kappa shape index (κ2) is 3.64. The van der Waals surface area contributed by atoms with Gasteiger partial charge in [-0.1, -0.05) is 25.2 Å². The van der Waals surface area contributed by atoms with Crippen LogP contribution in [0, 0.1) is 0 Å². The molecule has 9 heteroatoms. The molecule has 17 heavy (non-hydrogen) atoms. The normalized spacial score (nSPS) is 13.5. The second-order valence-electron chi connectivity index (χ2n) is 4.21. The lowest BCUT2D eigenvalue weighted by molar-refractivity contribution is -0.146. The summed E-state index contributed by atoms with van der Waals surface area (Å²) in [7, 11) is 0. The van der Waals surface area contributed by atoms with Crippen molar-refractivity contribution in [1.29, 1.82) is 0 Å². The number of fused-ring (bicyclic) bond motifs is 1. The number of hydrogen-bond acceptors (Lipinski definition) is 5. The van der Waals surface area contributed by atoms with Crippen molar-refractivity contribution < 1.29 is 13.2 Å². The van der Waals surface area contributed by atoms with E-state index in [1.54, 1.807) is 0 Å². The van der Waals surface area contributed by atoms with E-state index in [4.69, 9.17) is 5.73 Å². The van der Waals surface area contributed by atoms with Crippen LogP contribution in [0.25, 0.3) is 4.96 Å². The lowest BCUT2D eigenvalue weighted by atomic mass is 9.95. The molecule has 0 saturated carbocycles. The molecule has 0 aliphatic rings. The predicted molar refractivity (Wildman–Crippen MR) is 55.7 cm³/mol. The van der Waals surface area contributed by atoms with Gasteiger partial charge in [0.05, 0.1) is 0 Å². The summed E-state index contributed by atoms with van der Waals surface area (Å²) >= 11 is 1.06. The summed E-state index contributed by atoms with van der Waals surface area (Å²) in [4.78, 5) is 0.119. The second-order valence-corrected chi connectivity index (χ2v) is 5.17. The first kappa shape index (κ1) is 12.2. The van der Waals surface area contributed by atoms with E-state index in [1.807, 2.05) is 13.8 Å². The van der Waals surface area contributed by atoms with E-state index in [0.717, 1.165) is 15.9 Å². The number of nitrogens with two attached hydrogens (primary N) is 1. The van der Waals surface area contributed by atoms with Crippen LogP contribution in [0.3, 0.4) is 0 Å². The van der Waals surface area contributed by atoms with E-state index in [-0.39, 0.29) is 4.96 Å². The van der Waals surface area contributed by atoms with Crippen molar-refractivity contribution in [3.63, 3.8) is 0 Å². The molecule has 0 spiro atoms. The summed E-state index contributed by atoms with van der Waals surface area (Å²) in [6, 6.07) is 0. The number of nitrogens with zero attached hydrogens (tertiary/aromatic N) is 4. The summed E-state index contributed by atoms with van der Waals surface area (Å²) in [5.74, 6) is -1.11. The zero-order valence-corrected chi connectivity index (χ0v) is 9.93. The van der Waals surface area contributed by atoms with Crippen molar-refractivity contribution in [3.8, 4) is 0 Å². The molecule has 0 amide bonds. The Kier molecular flexibility index (Phi) is 2.62. The Morgan fingerprint density at radius 3 is 2.47 bits per heavy atom. The van der Waals surface area contributed by atoms with Crippen molar-refractivity contribution in [2.75, 3.05) is 6.54 Å². The lowest BCUT2D eigenvalue weighted by Gasteiger charge is -2.17. The molecule has 0 aromatic carbocycles. The van der Waals surface area contributed by atoms with Gasteiger partial charge < -0.3 is 5.73 Å². The van der Waals surface area contributed by atoms with Crippen LogP contribution in [0.15, 0.2) is 0 Å². The highest BCUT2D eigenvalue weighted by Crippen LogP contribution is 2.31. The van der Waals surface area contributed by atoms with Crippen LogP contribution in [-0.4, -0.2) is 26.4 Å². The number of hydrogen-bond donors (Lipinski definition) is 1. The summed E-state index contributed by atoms with van der Waals surface area (Å²) in [6.07, 6.45) is -4.56. The van der Waals surface area contributed by atoms with Gasteiger partial charge in [-0.05, 0) is 0 Å². The maximum absolute atomic E-state index is 12.6. The summed E-state index contributed by atoms with van der Waals surface area (Å²) < 4.78 is 38.4. The highest BCUT2D eigenvalue weighted by atomic mass is 32.1. The Hall–Kier alpha value is -1.22. The van der Waals surface area contributed by atoms with E-state index in [1.165, 1.54) is 0 Å². The first-order valence-corrected chi connectivity index (χ1v) is 5.57. The number of aromatic nitrogens is 4. The highest BCUT2D eigenvalue weighted by molar-refractivity contribution is 7.16. The minimum absolute atomic E-state index is 0.119. The summed E-state index contributed by atoms with van der Waals surface area (Å²) in [5.41, 5.74) is 5.07. The molecule has 0 saturated heterocycles. The lowest BCUT2D eigenvalue weighted by Crippen LogP contribution is -2.28. The highest BCUT2D eigenvalue weighted by Gasteiger charge is 2.39. The molecule has 2 aromatic rings. The first-order valence-electron chi connectivity index (χ1n) is 4.76. The summed E-state index contributed by atoms with van der Waals surface area (Å²) in [6.45, 7) is 3.91. The topological polar surface area (TPSA) is 69.1 Å². The van der Waals surface area contributed by atoms with Crippen LogP contribution in [0.4, 0.5) is 13.2 Å². The van der Waals surface area contributed by atoms with Gasteiger partial charge in [0.25, 0.3) is 5.82 Å². The van der Waals surface area contributed by atoms with Crippen LogP contribution >= 0.6 is 11.3 Å². The molecule has 0 aliphatic heterocycles. The molecule has 0 unspecified atom stereocenters. The molecule has 5 nitrogen and oxygen atoms in total. The van der Waals surface area contributed by atoms with Gasteiger partial charge in [0, 0.05) is 12.0 Å². The third kappa shape index (κ3) is 2.00. The molecule has 2 rings (SSSR count). The molecule has 0 radical (unpaired) electrons. The van der Waals surface area contributed by atoms with Crippen LogP contribution in [0.2, 0.25) is 0 Å². The van der Waals surface area contributed by atoms with Gasteiger partial charge in [-0.3, -0.25) is 0 Å². The van der Waals surface area contributed by atoms with Gasteiger partial charge in [0.1, 0.15) is 5.01 Å². The fourth-order valence-corrected chi connectivity index (χ4v) is 2.10. The van der Waals surface area contributed by atoms with Crippen molar-refractivity contribution >= 4 is 16.3 Å². The fraction of sp³-hybridized carbons (Fsp3) is 0.625. The van der Waals surface area contributed by atoms with Gasteiger partial charge in [0.2, 0.25) is 4.96 Å². The van der Waals surface area contributed by atoms with Crippen molar-refractivity contribution in [3.05, 3.63) is 10.8 Å². The van der Waals surface area contributed by atoms with Gasteiger partial charge in [-0.2, -0.15) is 22.8 Å². The quantitative estimate of drug-likeness (QED) is 0.892. The molecule has 2 aromatic heterocycles. The van der Waals surface area contributed by atoms with E-state index in [2.05, 4.69) is 15.3 Å². The molecular formula is C8H10F3N5S. The van der Waals surface area contributed by atoms with E-state index in [0.29, 0.717) is 11.6 Å². The van der Waals surface area contributed by atoms with E-state index >= 15 is 0 Å². The number of halogens is 3. The average molecular weight is 265 g/mol. The minimum Gasteiger partial charge on any atom is -0.330 e. The standard InChI is InChI=1S/C8H10F3N5S/c1-7(2,3-12)5-15-16-4(8(9,10)11)13-14-6(16)17-5/h3,12H2,1-2H3. The fourth-order valence-electron chi connectivity index (χ4n) is 1.15. The Balaban J connectivity index is 2.57. The zero-order valence-electron chi connectivity index (χ0n) is 9.12. The Morgan fingerprint density at radius 1 is 1.29 bits per heavy atom. The van der Waals surface area contributed by atoms with Crippen LogP contribution in [0.1, 0.15) is 24.7 Å². The molecule has 0 bridgehead atoms. The van der Waals surface area contributed by atoms with Crippen LogP contribution in [-0.2, 0) is 11.6 Å². The Labute approximate surface area is 98.4 Å². The monoisotopic (exact) mass is 265 g/mol. The molecule has 2 heterocycles. The average Bonchev–Trinajstić information content (AvgIpc) is 2.73. The van der Waals surface area contributed by atoms with Gasteiger partial charge in [0.15, 0.2) is 0 Å². The third-order valence-electron chi connectivity index (χ3n) is 2.33. The summed E-state index contributed by atoms with van der Waals surface area (Å²) in [5, 5.41) is 10.9. The molecule has 0 fully saturated rings. The van der Waals surface area contributed by atoms with Crippen LogP contribution < -0.4 is 5.73 Å². The predicted octanol–water partition coefficient (Wildman–Crippen LogP) is 1.44. The molecular weight excluding hydrogens is 255 g/mol. The largest absolute Gasteiger partial charge is 0.453 e. The first-order chi connectivity index (χ1) is 7.75. The van der Waals surface area contributed by atoms with Gasteiger partial charge >= 0.3 is 6.18 Å². The van der Waals surface area contributed by atoms with Crippen molar-refractivity contribution in [1.82, 2.24) is 19.8 Å². The molecule has 0 atom stereocenters. The minimum atomic E-state index is -4.56. The Morgan fingerprint density at radius 2 is 1.94 bits per heavy atom. The number of alkyl halides is 3. The van der Waals surface area contributed by atoms with E-state index < -0.39 is 17.4 Å². The van der Waals surface area contributed by atoms with Gasteiger partial charge in [-0.15, -0.1) is 10.2 Å². The smallest absolute Gasteiger partial charge is 0.330 e. The van der Waals surface area contributed by atoms with E-state index in [9.17, 15) is 13.2 Å². The number of rotatable bonds is 2. The van der Waals surface area contributed by atoms with Crippen molar-refractivity contribution in [2.24, 2.45) is 5.73 Å².